The third-order valence-corrected chi connectivity index (χ3v) is 8.63. The fourth-order valence-corrected chi connectivity index (χ4v) is 6.37. The van der Waals surface area contributed by atoms with Gasteiger partial charge in [-0.2, -0.15) is 0 Å². The Labute approximate surface area is 260 Å². The van der Waals surface area contributed by atoms with Gasteiger partial charge in [-0.3, -0.25) is 9.69 Å². The predicted octanol–water partition coefficient (Wildman–Crippen LogP) is 5.93. The second-order valence-electron chi connectivity index (χ2n) is 11.3. The van der Waals surface area contributed by atoms with Gasteiger partial charge < -0.3 is 19.3 Å². The standard InChI is InChI=1S/C31H33Cl2N7O3/c1-19-36-26-5-8-40(18-28(26)38(19)2)31-34-15-25(16-35-31)43-29-10-21(17-39-6-3-20(4-7-39)11-30(41)42)9-27(37-29)22-12-23(32)14-24(33)13-22/h9-10,12-16,20H,3-8,11,17-18H2,1-2H3,(H,41,42). The van der Waals surface area contributed by atoms with Crippen molar-refractivity contribution in [2.24, 2.45) is 13.0 Å². The van der Waals surface area contributed by atoms with Crippen LogP contribution < -0.4 is 9.64 Å². The van der Waals surface area contributed by atoms with E-state index in [-0.39, 0.29) is 12.3 Å². The van der Waals surface area contributed by atoms with Crippen LogP contribution in [0.15, 0.2) is 42.7 Å². The summed E-state index contributed by atoms with van der Waals surface area (Å²) >= 11 is 12.6. The molecule has 1 N–H and O–H groups in total. The number of likely N-dealkylation sites (tertiary alicyclic amines) is 1. The van der Waals surface area contributed by atoms with Crippen LogP contribution in [0.4, 0.5) is 5.95 Å². The number of pyridine rings is 1. The van der Waals surface area contributed by atoms with Gasteiger partial charge in [0.05, 0.1) is 36.0 Å². The molecule has 0 amide bonds. The van der Waals surface area contributed by atoms with Gasteiger partial charge in [0.1, 0.15) is 5.82 Å². The van der Waals surface area contributed by atoms with Crippen molar-refractivity contribution in [3.05, 3.63) is 75.5 Å². The van der Waals surface area contributed by atoms with Crippen molar-refractivity contribution in [1.29, 1.82) is 0 Å². The van der Waals surface area contributed by atoms with E-state index in [1.165, 1.54) is 5.69 Å². The monoisotopic (exact) mass is 621 g/mol. The number of carbonyl (C=O) groups is 1. The van der Waals surface area contributed by atoms with Crippen LogP contribution >= 0.6 is 23.2 Å². The molecule has 2 aliphatic rings. The first kappa shape index (κ1) is 29.3. The first-order valence-corrected chi connectivity index (χ1v) is 15.1. The maximum absolute atomic E-state index is 11.1. The molecule has 10 nitrogen and oxygen atoms in total. The van der Waals surface area contributed by atoms with Crippen LogP contribution in [-0.2, 0) is 31.4 Å². The Morgan fingerprint density at radius 1 is 1.02 bits per heavy atom. The van der Waals surface area contributed by atoms with Crippen LogP contribution in [0.2, 0.25) is 10.0 Å². The van der Waals surface area contributed by atoms with Crippen molar-refractivity contribution in [2.45, 2.75) is 45.7 Å². The number of piperidine rings is 1. The largest absolute Gasteiger partial charge is 0.481 e. The van der Waals surface area contributed by atoms with E-state index in [1.807, 2.05) is 38.2 Å². The van der Waals surface area contributed by atoms with E-state index in [0.29, 0.717) is 46.4 Å². The lowest BCUT2D eigenvalue weighted by Gasteiger charge is -2.31. The molecule has 0 bridgehead atoms. The molecule has 0 saturated carbocycles. The second-order valence-corrected chi connectivity index (χ2v) is 12.2. The minimum atomic E-state index is -0.732. The lowest BCUT2D eigenvalue weighted by molar-refractivity contribution is -0.138. The minimum absolute atomic E-state index is 0.220. The number of aryl methyl sites for hydroxylation is 1. The van der Waals surface area contributed by atoms with Crippen molar-refractivity contribution < 1.29 is 14.6 Å². The average molecular weight is 623 g/mol. The lowest BCUT2D eigenvalue weighted by Crippen LogP contribution is -2.33. The molecule has 0 aliphatic carbocycles. The number of carboxylic acids is 1. The average Bonchev–Trinajstić information content (AvgIpc) is 3.26. The van der Waals surface area contributed by atoms with Crippen LogP contribution in [0.25, 0.3) is 11.3 Å². The number of fused-ring (bicyclic) bond motifs is 1. The van der Waals surface area contributed by atoms with Gasteiger partial charge in [0.25, 0.3) is 0 Å². The number of aliphatic carboxylic acids is 1. The summed E-state index contributed by atoms with van der Waals surface area (Å²) in [6, 6.07) is 9.28. The van der Waals surface area contributed by atoms with Crippen LogP contribution in [0, 0.1) is 12.8 Å². The molecule has 4 aromatic rings. The van der Waals surface area contributed by atoms with E-state index in [9.17, 15) is 4.79 Å². The van der Waals surface area contributed by atoms with Gasteiger partial charge in [0, 0.05) is 54.7 Å². The number of anilines is 1. The number of aromatic nitrogens is 5. The normalized spacial score (nSPS) is 15.9. The molecular weight excluding hydrogens is 589 g/mol. The highest BCUT2D eigenvalue weighted by atomic mass is 35.5. The van der Waals surface area contributed by atoms with E-state index >= 15 is 0 Å². The zero-order chi connectivity index (χ0) is 30.1. The molecule has 1 saturated heterocycles. The van der Waals surface area contributed by atoms with E-state index in [2.05, 4.69) is 29.3 Å². The number of carboxylic acid groups (broad SMARTS) is 1. The SMILES string of the molecule is Cc1nc2c(n1C)CN(c1ncc(Oc3cc(CN4CCC(CC(=O)O)CC4)cc(-c4cc(Cl)cc(Cl)c4)n3)cn1)CC2. The van der Waals surface area contributed by atoms with Crippen molar-refractivity contribution in [1.82, 2.24) is 29.4 Å². The predicted molar refractivity (Wildman–Crippen MR) is 165 cm³/mol. The van der Waals surface area contributed by atoms with E-state index in [0.717, 1.165) is 61.5 Å². The molecule has 0 radical (unpaired) electrons. The maximum Gasteiger partial charge on any atom is 0.303 e. The van der Waals surface area contributed by atoms with E-state index < -0.39 is 5.97 Å². The third-order valence-electron chi connectivity index (χ3n) is 8.20. The first-order chi connectivity index (χ1) is 20.7. The maximum atomic E-state index is 11.1. The Kier molecular flexibility index (Phi) is 8.52. The van der Waals surface area contributed by atoms with Gasteiger partial charge in [0.2, 0.25) is 11.8 Å². The molecule has 224 valence electrons. The zero-order valence-corrected chi connectivity index (χ0v) is 25.6. The summed E-state index contributed by atoms with van der Waals surface area (Å²) in [5.74, 6) is 2.02. The number of nitrogens with zero attached hydrogens (tertiary/aromatic N) is 7. The summed E-state index contributed by atoms with van der Waals surface area (Å²) in [6.45, 7) is 5.87. The van der Waals surface area contributed by atoms with Crippen molar-refractivity contribution in [3.63, 3.8) is 0 Å². The topological polar surface area (TPSA) is 110 Å². The van der Waals surface area contributed by atoms with Crippen molar-refractivity contribution >= 4 is 35.1 Å². The molecule has 1 aromatic carbocycles. The molecule has 1 fully saturated rings. The quantitative estimate of drug-likeness (QED) is 0.256. The molecule has 0 atom stereocenters. The summed E-state index contributed by atoms with van der Waals surface area (Å²) in [4.78, 5) is 34.3. The third kappa shape index (κ3) is 6.92. The molecule has 3 aromatic heterocycles. The van der Waals surface area contributed by atoms with Gasteiger partial charge in [-0.25, -0.2) is 19.9 Å². The van der Waals surface area contributed by atoms with Crippen LogP contribution in [-0.4, -0.2) is 60.1 Å². The van der Waals surface area contributed by atoms with E-state index in [1.54, 1.807) is 18.5 Å². The van der Waals surface area contributed by atoms with Crippen LogP contribution in [0.3, 0.4) is 0 Å². The van der Waals surface area contributed by atoms with Gasteiger partial charge >= 0.3 is 5.97 Å². The molecule has 2 aliphatic heterocycles. The van der Waals surface area contributed by atoms with Crippen molar-refractivity contribution in [2.75, 3.05) is 24.5 Å². The molecule has 5 heterocycles. The summed E-state index contributed by atoms with van der Waals surface area (Å²) in [7, 11) is 2.04. The van der Waals surface area contributed by atoms with Crippen molar-refractivity contribution in [3.8, 4) is 22.9 Å². The highest BCUT2D eigenvalue weighted by molar-refractivity contribution is 6.35. The van der Waals surface area contributed by atoms with Gasteiger partial charge in [0.15, 0.2) is 5.75 Å². The molecule has 43 heavy (non-hydrogen) atoms. The Morgan fingerprint density at radius 2 is 1.74 bits per heavy atom. The Balaban J connectivity index is 1.21. The lowest BCUT2D eigenvalue weighted by atomic mass is 9.93. The summed E-state index contributed by atoms with van der Waals surface area (Å²) in [6.07, 6.45) is 6.14. The van der Waals surface area contributed by atoms with Crippen LogP contribution in [0.5, 0.6) is 11.6 Å². The summed E-state index contributed by atoms with van der Waals surface area (Å²) in [5, 5.41) is 10.2. The van der Waals surface area contributed by atoms with Crippen LogP contribution in [0.1, 0.15) is 42.0 Å². The highest BCUT2D eigenvalue weighted by Crippen LogP contribution is 2.31. The minimum Gasteiger partial charge on any atom is -0.481 e. The molecule has 0 spiro atoms. The number of ether oxygens (including phenoxy) is 1. The summed E-state index contributed by atoms with van der Waals surface area (Å²) < 4.78 is 8.32. The molecule has 0 unspecified atom stereocenters. The Hall–Kier alpha value is -3.73. The molecule has 12 heteroatoms. The fourth-order valence-electron chi connectivity index (χ4n) is 5.84. The number of rotatable bonds is 8. The first-order valence-electron chi connectivity index (χ1n) is 14.4. The summed E-state index contributed by atoms with van der Waals surface area (Å²) in [5.41, 5.74) is 4.81. The fraction of sp³-hybridized carbons (Fsp3) is 0.387. The van der Waals surface area contributed by atoms with Gasteiger partial charge in [-0.15, -0.1) is 0 Å². The number of hydrogen-bond acceptors (Lipinski definition) is 8. The van der Waals surface area contributed by atoms with E-state index in [4.69, 9.17) is 38.0 Å². The number of halogens is 2. The Bertz CT molecular complexity index is 1620. The smallest absolute Gasteiger partial charge is 0.303 e. The zero-order valence-electron chi connectivity index (χ0n) is 24.1. The Morgan fingerprint density at radius 3 is 2.44 bits per heavy atom. The second kappa shape index (κ2) is 12.5. The molecule has 6 rings (SSSR count). The number of imidazole rings is 1. The van der Waals surface area contributed by atoms with Gasteiger partial charge in [-0.05, 0) is 68.6 Å². The molecular formula is C31H33Cl2N7O3. The number of benzene rings is 1. The van der Waals surface area contributed by atoms with Gasteiger partial charge in [-0.1, -0.05) is 23.2 Å². The number of hydrogen-bond donors (Lipinski definition) is 1. The highest BCUT2D eigenvalue weighted by Gasteiger charge is 2.24.